The third-order valence-corrected chi connectivity index (χ3v) is 7.19. The van der Waals surface area contributed by atoms with Crippen LogP contribution in [0, 0.1) is 13.8 Å². The number of rotatable bonds is 4. The van der Waals surface area contributed by atoms with Crippen LogP contribution in [0.4, 0.5) is 5.69 Å². The highest BCUT2D eigenvalue weighted by Crippen LogP contribution is 2.31. The van der Waals surface area contributed by atoms with E-state index in [0.717, 1.165) is 25.8 Å². The first-order valence-corrected chi connectivity index (χ1v) is 11.8. The fourth-order valence-electron chi connectivity index (χ4n) is 4.05. The van der Waals surface area contributed by atoms with Gasteiger partial charge in [0.15, 0.2) is 0 Å². The standard InChI is InChI=1S/C26H20ClN3O3S/c1-15-11-12-16(2)19(13-15)28-22(31)14-29-23-17-7-3-6-10-21(17)34-24(23)25(32)30(26(29)33)20-9-5-4-8-18(20)27/h3-13H,14H2,1-2H3,(H,28,31). The van der Waals surface area contributed by atoms with Gasteiger partial charge in [0, 0.05) is 15.8 Å². The minimum atomic E-state index is -0.620. The van der Waals surface area contributed by atoms with Gasteiger partial charge in [-0.1, -0.05) is 54.1 Å². The van der Waals surface area contributed by atoms with Crippen LogP contribution in [0.1, 0.15) is 11.1 Å². The molecular weight excluding hydrogens is 470 g/mol. The fraction of sp³-hybridized carbons (Fsp3) is 0.115. The Bertz CT molecular complexity index is 1710. The predicted molar refractivity (Wildman–Crippen MR) is 139 cm³/mol. The maximum atomic E-state index is 13.7. The van der Waals surface area contributed by atoms with Gasteiger partial charge in [0.1, 0.15) is 11.2 Å². The lowest BCUT2D eigenvalue weighted by Crippen LogP contribution is -2.40. The molecule has 0 spiro atoms. The summed E-state index contributed by atoms with van der Waals surface area (Å²) in [5.74, 6) is -0.364. The van der Waals surface area contributed by atoms with Crippen molar-refractivity contribution in [1.29, 1.82) is 0 Å². The summed E-state index contributed by atoms with van der Waals surface area (Å²) in [5.41, 5.74) is 2.27. The Morgan fingerprint density at radius 2 is 1.74 bits per heavy atom. The molecule has 0 aliphatic heterocycles. The van der Waals surface area contributed by atoms with Crippen LogP contribution >= 0.6 is 22.9 Å². The van der Waals surface area contributed by atoms with E-state index in [1.54, 1.807) is 24.3 Å². The lowest BCUT2D eigenvalue weighted by Gasteiger charge is -2.14. The first-order valence-electron chi connectivity index (χ1n) is 10.6. The van der Waals surface area contributed by atoms with E-state index in [-0.39, 0.29) is 23.2 Å². The molecule has 170 valence electrons. The summed E-state index contributed by atoms with van der Waals surface area (Å²) in [6.45, 7) is 3.59. The molecule has 2 heterocycles. The third kappa shape index (κ3) is 3.73. The van der Waals surface area contributed by atoms with Crippen molar-refractivity contribution in [2.24, 2.45) is 0 Å². The van der Waals surface area contributed by atoms with E-state index < -0.39 is 11.2 Å². The Morgan fingerprint density at radius 1 is 1.00 bits per heavy atom. The van der Waals surface area contributed by atoms with Crippen LogP contribution in [-0.2, 0) is 11.3 Å². The molecule has 5 rings (SSSR count). The molecule has 0 saturated heterocycles. The molecule has 0 radical (unpaired) electrons. The number of hydrogen-bond donors (Lipinski definition) is 1. The third-order valence-electron chi connectivity index (χ3n) is 5.72. The molecule has 8 heteroatoms. The number of anilines is 1. The molecule has 0 unspecified atom stereocenters. The van der Waals surface area contributed by atoms with Crippen LogP contribution in [-0.4, -0.2) is 15.0 Å². The molecule has 0 aliphatic rings. The van der Waals surface area contributed by atoms with Gasteiger partial charge in [-0.05, 0) is 49.2 Å². The average molecular weight is 490 g/mol. The highest BCUT2D eigenvalue weighted by molar-refractivity contribution is 7.25. The molecule has 0 fully saturated rings. The lowest BCUT2D eigenvalue weighted by atomic mass is 10.1. The van der Waals surface area contributed by atoms with Gasteiger partial charge < -0.3 is 5.32 Å². The Hall–Kier alpha value is -3.68. The van der Waals surface area contributed by atoms with Crippen LogP contribution in [0.15, 0.2) is 76.3 Å². The molecule has 0 saturated carbocycles. The number of hydrogen-bond acceptors (Lipinski definition) is 4. The zero-order chi connectivity index (χ0) is 24.0. The van der Waals surface area contributed by atoms with E-state index in [4.69, 9.17) is 11.6 Å². The van der Waals surface area contributed by atoms with Gasteiger partial charge in [0.05, 0.1) is 16.2 Å². The van der Waals surface area contributed by atoms with E-state index in [1.165, 1.54) is 15.9 Å². The first kappa shape index (κ1) is 22.1. The normalized spacial score (nSPS) is 11.3. The Kier molecular flexibility index (Phi) is 5.59. The van der Waals surface area contributed by atoms with Crippen LogP contribution in [0.5, 0.6) is 0 Å². The average Bonchev–Trinajstić information content (AvgIpc) is 3.20. The number of carbonyl (C=O) groups is 1. The summed E-state index contributed by atoms with van der Waals surface area (Å²) in [4.78, 5) is 40.3. The van der Waals surface area contributed by atoms with Gasteiger partial charge >= 0.3 is 5.69 Å². The molecule has 6 nitrogen and oxygen atoms in total. The van der Waals surface area contributed by atoms with Crippen molar-refractivity contribution >= 4 is 54.8 Å². The maximum absolute atomic E-state index is 13.7. The van der Waals surface area contributed by atoms with Crippen molar-refractivity contribution in [2.45, 2.75) is 20.4 Å². The summed E-state index contributed by atoms with van der Waals surface area (Å²) < 4.78 is 3.65. The monoisotopic (exact) mass is 489 g/mol. The number of carbonyl (C=O) groups excluding carboxylic acids is 1. The quantitative estimate of drug-likeness (QED) is 0.373. The smallest absolute Gasteiger partial charge is 0.324 e. The van der Waals surface area contributed by atoms with Gasteiger partial charge in [0.2, 0.25) is 5.91 Å². The second-order valence-electron chi connectivity index (χ2n) is 8.10. The van der Waals surface area contributed by atoms with Gasteiger partial charge in [-0.25, -0.2) is 9.36 Å². The van der Waals surface area contributed by atoms with Crippen LogP contribution < -0.4 is 16.6 Å². The minimum Gasteiger partial charge on any atom is -0.324 e. The van der Waals surface area contributed by atoms with Crippen molar-refractivity contribution in [3.8, 4) is 5.69 Å². The number of para-hydroxylation sites is 1. The molecule has 0 bridgehead atoms. The van der Waals surface area contributed by atoms with E-state index in [2.05, 4.69) is 5.32 Å². The van der Waals surface area contributed by atoms with Crippen molar-refractivity contribution in [1.82, 2.24) is 9.13 Å². The van der Waals surface area contributed by atoms with Crippen molar-refractivity contribution in [2.75, 3.05) is 5.32 Å². The number of aryl methyl sites for hydroxylation is 2. The Morgan fingerprint density at radius 3 is 2.53 bits per heavy atom. The number of nitrogens with one attached hydrogen (secondary N) is 1. The number of thiophene rings is 1. The topological polar surface area (TPSA) is 73.1 Å². The molecule has 3 aromatic carbocycles. The minimum absolute atomic E-state index is 0.256. The SMILES string of the molecule is Cc1ccc(C)c(NC(=O)Cn2c(=O)n(-c3ccccc3Cl)c(=O)c3sc4ccccc4c32)c1. The van der Waals surface area contributed by atoms with Gasteiger partial charge in [-0.3, -0.25) is 14.2 Å². The van der Waals surface area contributed by atoms with Gasteiger partial charge in [-0.15, -0.1) is 11.3 Å². The van der Waals surface area contributed by atoms with Crippen LogP contribution in [0.2, 0.25) is 5.02 Å². The summed E-state index contributed by atoms with van der Waals surface area (Å²) in [7, 11) is 0. The Labute approximate surface area is 203 Å². The van der Waals surface area contributed by atoms with E-state index in [1.807, 2.05) is 56.3 Å². The largest absolute Gasteiger partial charge is 0.336 e. The maximum Gasteiger partial charge on any atom is 0.336 e. The van der Waals surface area contributed by atoms with E-state index in [9.17, 15) is 14.4 Å². The van der Waals surface area contributed by atoms with E-state index >= 15 is 0 Å². The van der Waals surface area contributed by atoms with Crippen molar-refractivity contribution < 1.29 is 4.79 Å². The summed E-state index contributed by atoms with van der Waals surface area (Å²) >= 11 is 7.64. The molecule has 0 atom stereocenters. The zero-order valence-electron chi connectivity index (χ0n) is 18.5. The van der Waals surface area contributed by atoms with Gasteiger partial charge in [0.25, 0.3) is 5.56 Å². The number of halogens is 1. The van der Waals surface area contributed by atoms with Crippen LogP contribution in [0.25, 0.3) is 26.0 Å². The van der Waals surface area contributed by atoms with Crippen molar-refractivity contribution in [3.63, 3.8) is 0 Å². The van der Waals surface area contributed by atoms with E-state index in [0.29, 0.717) is 15.9 Å². The molecule has 1 amide bonds. The first-order chi connectivity index (χ1) is 16.3. The lowest BCUT2D eigenvalue weighted by molar-refractivity contribution is -0.116. The molecule has 34 heavy (non-hydrogen) atoms. The summed E-state index contributed by atoms with van der Waals surface area (Å²) in [6, 6.07) is 19.9. The summed E-state index contributed by atoms with van der Waals surface area (Å²) in [6.07, 6.45) is 0. The highest BCUT2D eigenvalue weighted by Gasteiger charge is 2.21. The zero-order valence-corrected chi connectivity index (χ0v) is 20.0. The van der Waals surface area contributed by atoms with Gasteiger partial charge in [-0.2, -0.15) is 0 Å². The summed E-state index contributed by atoms with van der Waals surface area (Å²) in [5, 5.41) is 3.93. The predicted octanol–water partition coefficient (Wildman–Crippen LogP) is 5.28. The molecule has 1 N–H and O–H groups in total. The number of aromatic nitrogens is 2. The second kappa shape index (κ2) is 8.59. The molecular formula is C26H20ClN3O3S. The molecule has 2 aromatic heterocycles. The number of nitrogens with zero attached hydrogens (tertiary/aromatic N) is 2. The number of amides is 1. The second-order valence-corrected chi connectivity index (χ2v) is 9.56. The molecule has 5 aromatic rings. The van der Waals surface area contributed by atoms with Crippen LogP contribution in [0.3, 0.4) is 0 Å². The number of fused-ring (bicyclic) bond motifs is 3. The number of benzene rings is 3. The Balaban J connectivity index is 1.73. The van der Waals surface area contributed by atoms with Crippen molar-refractivity contribution in [3.05, 3.63) is 104 Å². The molecule has 0 aliphatic carbocycles. The fourth-order valence-corrected chi connectivity index (χ4v) is 5.40. The highest BCUT2D eigenvalue weighted by atomic mass is 35.5.